The Kier molecular flexibility index (Phi) is 6.70. The molecule has 0 heterocycles. The van der Waals surface area contributed by atoms with Gasteiger partial charge < -0.3 is 24.1 Å². The molecule has 4 saturated carbocycles. The van der Waals surface area contributed by atoms with Gasteiger partial charge in [0.15, 0.2) is 11.5 Å². The van der Waals surface area contributed by atoms with E-state index in [1.807, 2.05) is 6.92 Å². The van der Waals surface area contributed by atoms with Gasteiger partial charge >= 0.3 is 11.9 Å². The summed E-state index contributed by atoms with van der Waals surface area (Å²) in [7, 11) is 4.47. The van der Waals surface area contributed by atoms with Gasteiger partial charge in [-0.2, -0.15) is 0 Å². The fraction of sp³-hybridized carbons (Fsp3) is 0.710. The van der Waals surface area contributed by atoms with Crippen LogP contribution in [0.5, 0.6) is 17.2 Å². The highest BCUT2D eigenvalue weighted by molar-refractivity contribution is 5.93. The highest BCUT2D eigenvalue weighted by atomic mass is 16.5. The lowest BCUT2D eigenvalue weighted by molar-refractivity contribution is -0.189. The molecule has 214 valence electrons. The van der Waals surface area contributed by atoms with E-state index in [-0.39, 0.29) is 40.6 Å². The number of methoxy groups -OCH3 is 3. The molecule has 0 unspecified atom stereocenters. The molecule has 0 aliphatic heterocycles. The molecule has 4 aliphatic carbocycles. The van der Waals surface area contributed by atoms with Crippen molar-refractivity contribution >= 4 is 17.7 Å². The largest absolute Gasteiger partial charge is 0.493 e. The molecule has 8 heteroatoms. The van der Waals surface area contributed by atoms with Crippen LogP contribution in [0.2, 0.25) is 0 Å². The molecule has 1 spiro atoms. The van der Waals surface area contributed by atoms with Crippen LogP contribution in [0.4, 0.5) is 0 Å². The summed E-state index contributed by atoms with van der Waals surface area (Å²) in [6, 6.07) is 3.11. The van der Waals surface area contributed by atoms with Gasteiger partial charge in [0.05, 0.1) is 38.2 Å². The maximum atomic E-state index is 13.9. The van der Waals surface area contributed by atoms with Gasteiger partial charge in [0, 0.05) is 5.41 Å². The van der Waals surface area contributed by atoms with Crippen LogP contribution in [0.3, 0.4) is 0 Å². The van der Waals surface area contributed by atoms with E-state index >= 15 is 0 Å². The first-order chi connectivity index (χ1) is 18.4. The Labute approximate surface area is 230 Å². The quantitative estimate of drug-likeness (QED) is 0.447. The van der Waals surface area contributed by atoms with Crippen molar-refractivity contribution in [3.8, 4) is 17.2 Å². The van der Waals surface area contributed by atoms with E-state index in [9.17, 15) is 19.5 Å². The Bertz CT molecular complexity index is 1170. The first-order valence-corrected chi connectivity index (χ1v) is 14.1. The molecule has 7 atom stereocenters. The molecule has 0 radical (unpaired) electrons. The second kappa shape index (κ2) is 9.41. The van der Waals surface area contributed by atoms with Crippen LogP contribution in [-0.2, 0) is 14.3 Å². The molecular formula is C31H42O8. The van der Waals surface area contributed by atoms with E-state index < -0.39 is 28.7 Å². The Hall–Kier alpha value is -2.77. The monoisotopic (exact) mass is 542 g/mol. The summed E-state index contributed by atoms with van der Waals surface area (Å²) in [5.74, 6) is -0.0387. The van der Waals surface area contributed by atoms with Crippen LogP contribution >= 0.6 is 0 Å². The lowest BCUT2D eigenvalue weighted by atomic mass is 9.39. The van der Waals surface area contributed by atoms with Gasteiger partial charge in [-0.3, -0.25) is 9.59 Å². The second-order valence-corrected chi connectivity index (χ2v) is 13.2. The molecule has 4 fully saturated rings. The number of ether oxygens (including phenoxy) is 4. The average molecular weight is 543 g/mol. The minimum absolute atomic E-state index is 0.0252. The number of rotatable bonds is 7. The SMILES string of the molecule is COc1cc(C(=O)OC[C@@H]2C(=O)[C@@]3(C)CC[C@H]4[C@]5(C)CCC[C@@](C)(C(=O)O)[C@H]5CC[C@@]24C3)cc(OC)c1OC. The van der Waals surface area contributed by atoms with Crippen LogP contribution in [0.15, 0.2) is 12.1 Å². The topological polar surface area (TPSA) is 108 Å². The number of Topliss-reactive ketones (excluding diaryl/α,β-unsaturated/α-hetero) is 1. The van der Waals surface area contributed by atoms with Crippen molar-refractivity contribution < 1.29 is 38.4 Å². The van der Waals surface area contributed by atoms with Crippen LogP contribution in [-0.4, -0.2) is 50.8 Å². The molecule has 5 rings (SSSR count). The zero-order valence-corrected chi connectivity index (χ0v) is 24.1. The van der Waals surface area contributed by atoms with E-state index in [1.54, 1.807) is 12.1 Å². The highest BCUT2D eigenvalue weighted by Gasteiger charge is 2.71. The van der Waals surface area contributed by atoms with Gasteiger partial charge in [-0.15, -0.1) is 0 Å². The van der Waals surface area contributed by atoms with E-state index in [4.69, 9.17) is 18.9 Å². The van der Waals surface area contributed by atoms with Crippen molar-refractivity contribution in [2.24, 2.45) is 39.4 Å². The van der Waals surface area contributed by atoms with Crippen molar-refractivity contribution in [2.75, 3.05) is 27.9 Å². The lowest BCUT2D eigenvalue weighted by Gasteiger charge is -2.64. The summed E-state index contributed by atoms with van der Waals surface area (Å²) in [6.45, 7) is 6.31. The first-order valence-electron chi connectivity index (χ1n) is 14.1. The summed E-state index contributed by atoms with van der Waals surface area (Å²) in [5.41, 5.74) is -1.34. The third-order valence-corrected chi connectivity index (χ3v) is 11.4. The van der Waals surface area contributed by atoms with E-state index in [1.165, 1.54) is 21.3 Å². The minimum atomic E-state index is -0.744. The molecule has 0 amide bonds. The number of aliphatic carboxylic acids is 1. The number of hydrogen-bond acceptors (Lipinski definition) is 7. The zero-order valence-electron chi connectivity index (χ0n) is 24.1. The van der Waals surface area contributed by atoms with Gasteiger partial charge in [-0.05, 0) is 86.7 Å². The fourth-order valence-electron chi connectivity index (χ4n) is 9.70. The maximum absolute atomic E-state index is 13.9. The number of ketones is 1. The number of esters is 1. The lowest BCUT2D eigenvalue weighted by Crippen LogP contribution is -2.60. The molecule has 2 bridgehead atoms. The third-order valence-electron chi connectivity index (χ3n) is 11.4. The number of carboxylic acid groups (broad SMARTS) is 1. The number of carbonyl (C=O) groups is 3. The summed E-state index contributed by atoms with van der Waals surface area (Å²) in [5, 5.41) is 10.2. The summed E-state index contributed by atoms with van der Waals surface area (Å²) < 4.78 is 22.0. The van der Waals surface area contributed by atoms with Crippen LogP contribution in [0.25, 0.3) is 0 Å². The summed E-state index contributed by atoms with van der Waals surface area (Å²) in [4.78, 5) is 39.7. The number of fused-ring (bicyclic) bond motifs is 3. The smallest absolute Gasteiger partial charge is 0.338 e. The molecule has 1 aromatic carbocycles. The molecule has 4 aliphatic rings. The van der Waals surface area contributed by atoms with Crippen LogP contribution in [0.1, 0.15) is 82.5 Å². The number of carbonyl (C=O) groups excluding carboxylic acids is 2. The van der Waals surface area contributed by atoms with E-state index in [2.05, 4.69) is 13.8 Å². The molecular weight excluding hydrogens is 500 g/mol. The summed E-state index contributed by atoms with van der Waals surface area (Å²) in [6.07, 6.45) is 6.68. The second-order valence-electron chi connectivity index (χ2n) is 13.2. The Balaban J connectivity index is 1.44. The normalized spacial score (nSPS) is 38.8. The molecule has 1 N–H and O–H groups in total. The predicted octanol–water partition coefficient (Wildman–Crippen LogP) is 5.55. The van der Waals surface area contributed by atoms with Crippen molar-refractivity contribution in [1.82, 2.24) is 0 Å². The maximum Gasteiger partial charge on any atom is 0.338 e. The Morgan fingerprint density at radius 2 is 1.56 bits per heavy atom. The fourth-order valence-corrected chi connectivity index (χ4v) is 9.70. The van der Waals surface area contributed by atoms with Crippen molar-refractivity contribution in [1.29, 1.82) is 0 Å². The molecule has 1 aromatic rings. The standard InChI is InChI=1S/C31H42O8/c1-28-12-8-23-29(2)10-7-11-30(3,27(34)35)22(29)9-13-31(23,17-28)19(25(28)32)16-39-26(33)18-14-20(36-4)24(38-6)21(15-18)37-5/h14-15,19,22-23H,7-13,16-17H2,1-6H3,(H,34,35)/t19-,22+,23+,28+,29-,30-,31-/m1/s1. The molecule has 0 aromatic heterocycles. The van der Waals surface area contributed by atoms with Crippen LogP contribution in [0, 0.1) is 39.4 Å². The van der Waals surface area contributed by atoms with Crippen molar-refractivity contribution in [3.63, 3.8) is 0 Å². The Morgan fingerprint density at radius 1 is 0.923 bits per heavy atom. The van der Waals surface area contributed by atoms with E-state index in [0.29, 0.717) is 23.7 Å². The van der Waals surface area contributed by atoms with Gasteiger partial charge in [0.25, 0.3) is 0 Å². The van der Waals surface area contributed by atoms with Crippen LogP contribution < -0.4 is 14.2 Å². The average Bonchev–Trinajstić information content (AvgIpc) is 3.06. The highest BCUT2D eigenvalue weighted by Crippen LogP contribution is 2.74. The molecule has 39 heavy (non-hydrogen) atoms. The van der Waals surface area contributed by atoms with Crippen molar-refractivity contribution in [3.05, 3.63) is 17.7 Å². The minimum Gasteiger partial charge on any atom is -0.493 e. The van der Waals surface area contributed by atoms with Gasteiger partial charge in [0.1, 0.15) is 12.4 Å². The van der Waals surface area contributed by atoms with Gasteiger partial charge in [-0.25, -0.2) is 4.79 Å². The van der Waals surface area contributed by atoms with Crippen molar-refractivity contribution in [2.45, 2.75) is 72.1 Å². The third kappa shape index (κ3) is 3.87. The molecule has 0 saturated heterocycles. The Morgan fingerprint density at radius 3 is 2.15 bits per heavy atom. The zero-order chi connectivity index (χ0) is 28.4. The predicted molar refractivity (Wildman–Crippen MR) is 143 cm³/mol. The number of hydrogen-bond donors (Lipinski definition) is 1. The number of benzene rings is 1. The molecule has 8 nitrogen and oxygen atoms in total. The van der Waals surface area contributed by atoms with E-state index in [0.717, 1.165) is 44.9 Å². The van der Waals surface area contributed by atoms with Gasteiger partial charge in [-0.1, -0.05) is 20.3 Å². The van der Waals surface area contributed by atoms with Gasteiger partial charge in [0.2, 0.25) is 5.75 Å². The summed E-state index contributed by atoms with van der Waals surface area (Å²) >= 11 is 0. The first kappa shape index (κ1) is 27.8. The number of carboxylic acids is 1.